The van der Waals surface area contributed by atoms with Gasteiger partial charge in [-0.15, -0.1) is 0 Å². The number of anilines is 1. The van der Waals surface area contributed by atoms with Crippen LogP contribution in [0.3, 0.4) is 0 Å². The SMILES string of the molecule is CCC(CC)N(C(=O)C(C)C(C)(C)C)c1ccc(F)c(C)c1. The second kappa shape index (κ2) is 7.26. The molecule has 1 amide bonds. The summed E-state index contributed by atoms with van der Waals surface area (Å²) in [4.78, 5) is 15.0. The molecule has 0 aromatic heterocycles. The second-order valence-corrected chi connectivity index (χ2v) is 7.20. The first kappa shape index (κ1) is 18.7. The van der Waals surface area contributed by atoms with E-state index in [9.17, 15) is 9.18 Å². The molecule has 1 atom stereocenters. The van der Waals surface area contributed by atoms with Gasteiger partial charge in [-0.05, 0) is 48.9 Å². The lowest BCUT2D eigenvalue weighted by atomic mass is 9.80. The van der Waals surface area contributed by atoms with Gasteiger partial charge in [-0.25, -0.2) is 4.39 Å². The maximum atomic E-state index is 13.6. The number of hydrogen-bond acceptors (Lipinski definition) is 1. The maximum absolute atomic E-state index is 13.6. The van der Waals surface area contributed by atoms with Crippen molar-refractivity contribution < 1.29 is 9.18 Å². The van der Waals surface area contributed by atoms with E-state index in [2.05, 4.69) is 34.6 Å². The van der Waals surface area contributed by atoms with Crippen LogP contribution in [0.2, 0.25) is 0 Å². The van der Waals surface area contributed by atoms with Gasteiger partial charge in [-0.3, -0.25) is 4.79 Å². The average Bonchev–Trinajstić information content (AvgIpc) is 2.45. The summed E-state index contributed by atoms with van der Waals surface area (Å²) in [6.45, 7) is 14.1. The van der Waals surface area contributed by atoms with Gasteiger partial charge in [0, 0.05) is 17.6 Å². The zero-order valence-electron chi connectivity index (χ0n) is 15.0. The minimum absolute atomic E-state index is 0.0986. The van der Waals surface area contributed by atoms with E-state index in [1.807, 2.05) is 11.8 Å². The first-order chi connectivity index (χ1) is 10.1. The van der Waals surface area contributed by atoms with Crippen molar-refractivity contribution in [1.29, 1.82) is 0 Å². The monoisotopic (exact) mass is 307 g/mol. The molecule has 2 nitrogen and oxygen atoms in total. The van der Waals surface area contributed by atoms with Gasteiger partial charge in [0.25, 0.3) is 0 Å². The number of nitrogens with zero attached hydrogens (tertiary/aromatic N) is 1. The highest BCUT2D eigenvalue weighted by molar-refractivity contribution is 5.96. The molecule has 0 fully saturated rings. The van der Waals surface area contributed by atoms with Crippen molar-refractivity contribution in [3.8, 4) is 0 Å². The van der Waals surface area contributed by atoms with Crippen molar-refractivity contribution in [3.05, 3.63) is 29.6 Å². The van der Waals surface area contributed by atoms with Crippen LogP contribution in [0, 0.1) is 24.1 Å². The van der Waals surface area contributed by atoms with E-state index in [1.54, 1.807) is 19.1 Å². The molecule has 0 heterocycles. The summed E-state index contributed by atoms with van der Waals surface area (Å²) >= 11 is 0. The predicted molar refractivity (Wildman–Crippen MR) is 91.6 cm³/mol. The molecule has 1 rings (SSSR count). The average molecular weight is 307 g/mol. The van der Waals surface area contributed by atoms with E-state index in [-0.39, 0.29) is 29.1 Å². The number of carbonyl (C=O) groups is 1. The van der Waals surface area contributed by atoms with E-state index in [4.69, 9.17) is 0 Å². The molecule has 124 valence electrons. The van der Waals surface area contributed by atoms with Gasteiger partial charge in [0.2, 0.25) is 5.91 Å². The van der Waals surface area contributed by atoms with Gasteiger partial charge in [-0.2, -0.15) is 0 Å². The molecule has 1 unspecified atom stereocenters. The Kier molecular flexibility index (Phi) is 6.16. The minimum Gasteiger partial charge on any atom is -0.309 e. The van der Waals surface area contributed by atoms with Crippen molar-refractivity contribution in [1.82, 2.24) is 0 Å². The quantitative estimate of drug-likeness (QED) is 0.719. The van der Waals surface area contributed by atoms with Crippen molar-refractivity contribution >= 4 is 11.6 Å². The number of aryl methyl sites for hydroxylation is 1. The fourth-order valence-electron chi connectivity index (χ4n) is 2.53. The molecule has 0 spiro atoms. The van der Waals surface area contributed by atoms with Gasteiger partial charge in [0.15, 0.2) is 0 Å². The summed E-state index contributed by atoms with van der Waals surface area (Å²) in [6.07, 6.45) is 1.77. The van der Waals surface area contributed by atoms with Gasteiger partial charge in [0.1, 0.15) is 5.82 Å². The van der Waals surface area contributed by atoms with Crippen LogP contribution >= 0.6 is 0 Å². The third-order valence-corrected chi connectivity index (χ3v) is 4.63. The fraction of sp³-hybridized carbons (Fsp3) is 0.632. The lowest BCUT2D eigenvalue weighted by Crippen LogP contribution is -2.45. The normalized spacial score (nSPS) is 13.3. The van der Waals surface area contributed by atoms with E-state index in [0.29, 0.717) is 5.56 Å². The predicted octanol–water partition coefficient (Wildman–Crippen LogP) is 5.34. The minimum atomic E-state index is -0.232. The van der Waals surface area contributed by atoms with Gasteiger partial charge in [-0.1, -0.05) is 41.5 Å². The van der Waals surface area contributed by atoms with E-state index < -0.39 is 0 Å². The molecule has 0 saturated carbocycles. The first-order valence-corrected chi connectivity index (χ1v) is 8.22. The Morgan fingerprint density at radius 1 is 1.23 bits per heavy atom. The zero-order valence-corrected chi connectivity index (χ0v) is 15.0. The Hall–Kier alpha value is -1.38. The summed E-state index contributed by atoms with van der Waals surface area (Å²) in [7, 11) is 0. The fourth-order valence-corrected chi connectivity index (χ4v) is 2.53. The number of carbonyl (C=O) groups excluding carboxylic acids is 1. The number of rotatable bonds is 5. The summed E-state index contributed by atoms with van der Waals surface area (Å²) in [5, 5.41) is 0. The van der Waals surface area contributed by atoms with Gasteiger partial charge >= 0.3 is 0 Å². The second-order valence-electron chi connectivity index (χ2n) is 7.20. The Labute approximate surface area is 134 Å². The largest absolute Gasteiger partial charge is 0.309 e. The number of halogens is 1. The van der Waals surface area contributed by atoms with Crippen LogP contribution in [0.5, 0.6) is 0 Å². The van der Waals surface area contributed by atoms with Crippen molar-refractivity contribution in [3.63, 3.8) is 0 Å². The molecule has 1 aromatic carbocycles. The molecule has 0 aliphatic heterocycles. The summed E-state index contributed by atoms with van der Waals surface area (Å²) in [5.41, 5.74) is 1.27. The highest BCUT2D eigenvalue weighted by Crippen LogP contribution is 2.31. The zero-order chi connectivity index (χ0) is 17.1. The van der Waals surface area contributed by atoms with Crippen molar-refractivity contribution in [2.75, 3.05) is 4.90 Å². The Morgan fingerprint density at radius 3 is 2.18 bits per heavy atom. The molecular formula is C19H30FNO. The van der Waals surface area contributed by atoms with Crippen LogP contribution in [-0.4, -0.2) is 11.9 Å². The molecule has 1 aromatic rings. The Bertz CT molecular complexity index is 515. The summed E-state index contributed by atoms with van der Waals surface area (Å²) in [6, 6.07) is 5.09. The molecule has 0 saturated heterocycles. The van der Waals surface area contributed by atoms with E-state index >= 15 is 0 Å². The summed E-state index contributed by atoms with van der Waals surface area (Å²) in [5.74, 6) is -0.213. The molecule has 0 aliphatic rings. The molecule has 3 heteroatoms. The Balaban J connectivity index is 3.29. The molecule has 0 N–H and O–H groups in total. The maximum Gasteiger partial charge on any atom is 0.230 e. The van der Waals surface area contributed by atoms with Crippen molar-refractivity contribution in [2.24, 2.45) is 11.3 Å². The van der Waals surface area contributed by atoms with Crippen LogP contribution in [0.1, 0.15) is 59.9 Å². The van der Waals surface area contributed by atoms with Crippen molar-refractivity contribution in [2.45, 2.75) is 67.3 Å². The third kappa shape index (κ3) is 4.08. The van der Waals surface area contributed by atoms with Gasteiger partial charge in [0.05, 0.1) is 0 Å². The lowest BCUT2D eigenvalue weighted by Gasteiger charge is -2.37. The molecule has 0 bridgehead atoms. The highest BCUT2D eigenvalue weighted by Gasteiger charge is 2.33. The van der Waals surface area contributed by atoms with E-state index in [0.717, 1.165) is 18.5 Å². The van der Waals surface area contributed by atoms with Gasteiger partial charge < -0.3 is 4.90 Å². The molecular weight excluding hydrogens is 277 g/mol. The number of hydrogen-bond donors (Lipinski definition) is 0. The third-order valence-electron chi connectivity index (χ3n) is 4.63. The molecule has 22 heavy (non-hydrogen) atoms. The first-order valence-electron chi connectivity index (χ1n) is 8.22. The summed E-state index contributed by atoms with van der Waals surface area (Å²) < 4.78 is 13.6. The van der Waals surface area contributed by atoms with Crippen LogP contribution in [-0.2, 0) is 4.79 Å². The van der Waals surface area contributed by atoms with Crippen LogP contribution in [0.25, 0.3) is 0 Å². The van der Waals surface area contributed by atoms with Crippen LogP contribution in [0.4, 0.5) is 10.1 Å². The van der Waals surface area contributed by atoms with Crippen LogP contribution in [0.15, 0.2) is 18.2 Å². The molecule has 0 radical (unpaired) electrons. The van der Waals surface area contributed by atoms with Crippen LogP contribution < -0.4 is 4.90 Å². The molecule has 0 aliphatic carbocycles. The smallest absolute Gasteiger partial charge is 0.230 e. The number of benzene rings is 1. The number of amides is 1. The Morgan fingerprint density at radius 2 is 1.77 bits per heavy atom. The lowest BCUT2D eigenvalue weighted by molar-refractivity contribution is -0.125. The highest BCUT2D eigenvalue weighted by atomic mass is 19.1. The topological polar surface area (TPSA) is 20.3 Å². The van der Waals surface area contributed by atoms with E-state index in [1.165, 1.54) is 6.07 Å². The standard InChI is InChI=1S/C19H30FNO/c1-8-15(9-2)21(18(22)14(4)19(5,6)7)16-10-11-17(20)13(3)12-16/h10-12,14-15H,8-9H2,1-7H3.